The molecule has 0 heterocycles. The standard InChI is InChI=1S/C14H12FNO5S/c1-21-12-7-2-9(14(17)18)8-13(12)22(19,20)16-11-5-3-10(15)4-6-11/h2-8,16H,1H3,(H,17,18). The maximum atomic E-state index is 12.8. The van der Waals surface area contributed by atoms with Crippen molar-refractivity contribution >= 4 is 21.7 Å². The number of methoxy groups -OCH3 is 1. The molecule has 0 spiro atoms. The van der Waals surface area contributed by atoms with Crippen molar-refractivity contribution in [2.75, 3.05) is 11.8 Å². The van der Waals surface area contributed by atoms with Crippen LogP contribution in [0.2, 0.25) is 0 Å². The molecule has 2 N–H and O–H groups in total. The highest BCUT2D eigenvalue weighted by atomic mass is 32.2. The fourth-order valence-electron chi connectivity index (χ4n) is 1.75. The van der Waals surface area contributed by atoms with Crippen LogP contribution in [0, 0.1) is 5.82 Å². The van der Waals surface area contributed by atoms with Gasteiger partial charge in [-0.25, -0.2) is 17.6 Å². The van der Waals surface area contributed by atoms with Gasteiger partial charge in [-0.2, -0.15) is 0 Å². The maximum Gasteiger partial charge on any atom is 0.335 e. The van der Waals surface area contributed by atoms with Gasteiger partial charge in [0.25, 0.3) is 10.0 Å². The number of anilines is 1. The molecule has 22 heavy (non-hydrogen) atoms. The Morgan fingerprint density at radius 1 is 1.18 bits per heavy atom. The van der Waals surface area contributed by atoms with E-state index in [9.17, 15) is 17.6 Å². The molecule has 6 nitrogen and oxygen atoms in total. The fourth-order valence-corrected chi connectivity index (χ4v) is 3.00. The van der Waals surface area contributed by atoms with Crippen molar-refractivity contribution in [3.8, 4) is 5.75 Å². The van der Waals surface area contributed by atoms with Crippen molar-refractivity contribution < 1.29 is 27.4 Å². The highest BCUT2D eigenvalue weighted by molar-refractivity contribution is 7.92. The lowest BCUT2D eigenvalue weighted by Crippen LogP contribution is -2.15. The third-order valence-corrected chi connectivity index (χ3v) is 4.20. The van der Waals surface area contributed by atoms with Gasteiger partial charge in [0.2, 0.25) is 0 Å². The molecule has 0 fully saturated rings. The van der Waals surface area contributed by atoms with Crippen molar-refractivity contribution in [3.05, 3.63) is 53.8 Å². The van der Waals surface area contributed by atoms with Crippen molar-refractivity contribution in [2.24, 2.45) is 0 Å². The van der Waals surface area contributed by atoms with Crippen LogP contribution >= 0.6 is 0 Å². The normalized spacial score (nSPS) is 11.0. The average molecular weight is 325 g/mol. The number of rotatable bonds is 5. The van der Waals surface area contributed by atoms with E-state index in [4.69, 9.17) is 9.84 Å². The van der Waals surface area contributed by atoms with Crippen LogP contribution in [-0.4, -0.2) is 26.6 Å². The first kappa shape index (κ1) is 15.8. The number of hydrogen-bond acceptors (Lipinski definition) is 4. The minimum Gasteiger partial charge on any atom is -0.495 e. The number of aromatic carboxylic acids is 1. The third kappa shape index (κ3) is 3.34. The Morgan fingerprint density at radius 3 is 2.36 bits per heavy atom. The molecule has 0 bridgehead atoms. The first-order chi connectivity index (χ1) is 10.3. The number of carboxylic acid groups (broad SMARTS) is 1. The third-order valence-electron chi connectivity index (χ3n) is 2.80. The summed E-state index contributed by atoms with van der Waals surface area (Å²) in [5, 5.41) is 8.96. The van der Waals surface area contributed by atoms with Gasteiger partial charge < -0.3 is 9.84 Å². The van der Waals surface area contributed by atoms with Crippen LogP contribution in [0.3, 0.4) is 0 Å². The van der Waals surface area contributed by atoms with Gasteiger partial charge in [-0.1, -0.05) is 0 Å². The van der Waals surface area contributed by atoms with Gasteiger partial charge in [0, 0.05) is 5.69 Å². The van der Waals surface area contributed by atoms with Crippen molar-refractivity contribution in [3.63, 3.8) is 0 Å². The first-order valence-corrected chi connectivity index (χ1v) is 7.51. The van der Waals surface area contributed by atoms with E-state index in [1.54, 1.807) is 0 Å². The van der Waals surface area contributed by atoms with Crippen LogP contribution in [-0.2, 0) is 10.0 Å². The second kappa shape index (κ2) is 6.02. The number of hydrogen-bond donors (Lipinski definition) is 2. The van der Waals surface area contributed by atoms with Crippen LogP contribution in [0.1, 0.15) is 10.4 Å². The van der Waals surface area contributed by atoms with Gasteiger partial charge >= 0.3 is 5.97 Å². The molecule has 0 amide bonds. The second-order valence-electron chi connectivity index (χ2n) is 4.28. The zero-order valence-corrected chi connectivity index (χ0v) is 12.2. The van der Waals surface area contributed by atoms with Gasteiger partial charge in [0.05, 0.1) is 12.7 Å². The van der Waals surface area contributed by atoms with E-state index >= 15 is 0 Å². The van der Waals surface area contributed by atoms with Gasteiger partial charge in [-0.05, 0) is 42.5 Å². The molecule has 2 aromatic carbocycles. The molecule has 0 saturated heterocycles. The van der Waals surface area contributed by atoms with E-state index in [0.717, 1.165) is 18.2 Å². The quantitative estimate of drug-likeness (QED) is 0.880. The summed E-state index contributed by atoms with van der Waals surface area (Å²) in [5.41, 5.74) is -0.0514. The number of nitrogens with one attached hydrogen (secondary N) is 1. The smallest absolute Gasteiger partial charge is 0.335 e. The Kier molecular flexibility index (Phi) is 4.32. The number of halogens is 1. The lowest BCUT2D eigenvalue weighted by atomic mass is 10.2. The predicted molar refractivity (Wildman–Crippen MR) is 77.2 cm³/mol. The molecule has 8 heteroatoms. The topological polar surface area (TPSA) is 92.7 Å². The molecule has 116 valence electrons. The van der Waals surface area contributed by atoms with Crippen LogP contribution < -0.4 is 9.46 Å². The zero-order valence-electron chi connectivity index (χ0n) is 11.4. The summed E-state index contributed by atoms with van der Waals surface area (Å²) in [6.45, 7) is 0. The lowest BCUT2D eigenvalue weighted by Gasteiger charge is -2.12. The molecular formula is C14H12FNO5S. The van der Waals surface area contributed by atoms with E-state index in [2.05, 4.69) is 4.72 Å². The summed E-state index contributed by atoms with van der Waals surface area (Å²) in [7, 11) is -2.82. The van der Waals surface area contributed by atoms with E-state index in [1.165, 1.54) is 31.4 Å². The Balaban J connectivity index is 2.45. The van der Waals surface area contributed by atoms with Crippen LogP contribution in [0.25, 0.3) is 0 Å². The number of sulfonamides is 1. The lowest BCUT2D eigenvalue weighted by molar-refractivity contribution is 0.0696. The van der Waals surface area contributed by atoms with Gasteiger partial charge in [0.15, 0.2) is 0 Å². The van der Waals surface area contributed by atoms with E-state index < -0.39 is 21.8 Å². The molecule has 0 aliphatic rings. The average Bonchev–Trinajstić information content (AvgIpc) is 2.48. The molecule has 0 unspecified atom stereocenters. The van der Waals surface area contributed by atoms with Crippen LogP contribution in [0.15, 0.2) is 47.4 Å². The van der Waals surface area contributed by atoms with E-state index in [0.29, 0.717) is 0 Å². The summed E-state index contributed by atoms with van der Waals surface area (Å²) < 4.78 is 44.8. The summed E-state index contributed by atoms with van der Waals surface area (Å²) in [4.78, 5) is 10.7. The number of carboxylic acids is 1. The first-order valence-electron chi connectivity index (χ1n) is 6.03. The maximum absolute atomic E-state index is 12.8. The molecule has 0 aliphatic heterocycles. The minimum atomic E-state index is -4.09. The van der Waals surface area contributed by atoms with Crippen molar-refractivity contribution in [1.29, 1.82) is 0 Å². The molecule has 0 aromatic heterocycles. The Hall–Kier alpha value is -2.61. The summed E-state index contributed by atoms with van der Waals surface area (Å²) in [6, 6.07) is 8.18. The second-order valence-corrected chi connectivity index (χ2v) is 5.93. The zero-order chi connectivity index (χ0) is 16.3. The molecule has 0 saturated carbocycles. The number of benzene rings is 2. The molecule has 0 radical (unpaired) electrons. The summed E-state index contributed by atoms with van der Waals surface area (Å²) in [6.07, 6.45) is 0. The highest BCUT2D eigenvalue weighted by Gasteiger charge is 2.21. The summed E-state index contributed by atoms with van der Waals surface area (Å²) >= 11 is 0. The SMILES string of the molecule is COc1ccc(C(=O)O)cc1S(=O)(=O)Nc1ccc(F)cc1. The summed E-state index contributed by atoms with van der Waals surface area (Å²) in [5.74, 6) is -1.77. The van der Waals surface area contributed by atoms with Crippen molar-refractivity contribution in [1.82, 2.24) is 0 Å². The van der Waals surface area contributed by atoms with E-state index in [1.807, 2.05) is 0 Å². The highest BCUT2D eigenvalue weighted by Crippen LogP contribution is 2.27. The van der Waals surface area contributed by atoms with Crippen LogP contribution in [0.5, 0.6) is 5.75 Å². The van der Waals surface area contributed by atoms with Crippen LogP contribution in [0.4, 0.5) is 10.1 Å². The minimum absolute atomic E-state index is 0.000360. The number of carbonyl (C=O) groups is 1. The Morgan fingerprint density at radius 2 is 1.82 bits per heavy atom. The monoisotopic (exact) mass is 325 g/mol. The largest absolute Gasteiger partial charge is 0.495 e. The Labute approximate surface area is 126 Å². The molecular weight excluding hydrogens is 313 g/mol. The molecule has 0 aliphatic carbocycles. The van der Waals surface area contributed by atoms with Gasteiger partial charge in [-0.15, -0.1) is 0 Å². The fraction of sp³-hybridized carbons (Fsp3) is 0.0714. The van der Waals surface area contributed by atoms with E-state index in [-0.39, 0.29) is 21.9 Å². The molecule has 2 rings (SSSR count). The predicted octanol–water partition coefficient (Wildman–Crippen LogP) is 2.33. The number of ether oxygens (including phenoxy) is 1. The van der Waals surface area contributed by atoms with Gasteiger partial charge in [-0.3, -0.25) is 4.72 Å². The Bertz CT molecular complexity index is 802. The molecule has 2 aromatic rings. The van der Waals surface area contributed by atoms with Gasteiger partial charge in [0.1, 0.15) is 16.5 Å². The van der Waals surface area contributed by atoms with Crippen molar-refractivity contribution in [2.45, 2.75) is 4.90 Å². The molecule has 0 atom stereocenters.